The number of ketones is 1. The van der Waals surface area contributed by atoms with Crippen molar-refractivity contribution in [1.82, 2.24) is 30.5 Å². The molecule has 1 aromatic carbocycles. The van der Waals surface area contributed by atoms with Gasteiger partial charge in [-0.1, -0.05) is 19.9 Å². The van der Waals surface area contributed by atoms with E-state index in [1.165, 1.54) is 31.4 Å². The molecule has 8 nitrogen and oxygen atoms in total. The number of nitrogens with one attached hydrogen (secondary N) is 1. The number of benzene rings is 1. The Morgan fingerprint density at radius 3 is 2.68 bits per heavy atom. The first-order chi connectivity index (χ1) is 18.2. The van der Waals surface area contributed by atoms with E-state index in [1.807, 2.05) is 0 Å². The minimum absolute atomic E-state index is 0.0372. The summed E-state index contributed by atoms with van der Waals surface area (Å²) in [5, 5.41) is 11.9. The summed E-state index contributed by atoms with van der Waals surface area (Å²) >= 11 is 0. The molecule has 2 atom stereocenters. The summed E-state index contributed by atoms with van der Waals surface area (Å²) in [6, 6.07) is 5.56. The van der Waals surface area contributed by atoms with Crippen molar-refractivity contribution >= 4 is 5.78 Å². The van der Waals surface area contributed by atoms with Crippen LogP contribution in [0.5, 0.6) is 0 Å². The van der Waals surface area contributed by atoms with E-state index in [-0.39, 0.29) is 34.9 Å². The van der Waals surface area contributed by atoms with Crippen LogP contribution in [0.1, 0.15) is 62.2 Å². The molecular weight excluding hydrogens is 490 g/mol. The molecule has 10 heteroatoms. The highest BCUT2D eigenvalue weighted by atomic mass is 19.1. The van der Waals surface area contributed by atoms with Crippen molar-refractivity contribution in [3.8, 4) is 22.8 Å². The maximum atomic E-state index is 14.5. The molecular formula is C28H26F2N6O2. The molecule has 194 valence electrons. The molecule has 0 radical (unpaired) electrons. The molecule has 0 spiro atoms. The van der Waals surface area contributed by atoms with Gasteiger partial charge in [0, 0.05) is 12.7 Å². The Bertz CT molecular complexity index is 1550. The van der Waals surface area contributed by atoms with Gasteiger partial charge in [0.05, 0.1) is 46.5 Å². The van der Waals surface area contributed by atoms with Gasteiger partial charge in [0.25, 0.3) is 0 Å². The lowest BCUT2D eigenvalue weighted by molar-refractivity contribution is -0.116. The van der Waals surface area contributed by atoms with Crippen LogP contribution in [0.15, 0.2) is 47.3 Å². The fourth-order valence-electron chi connectivity index (χ4n) is 6.30. The maximum absolute atomic E-state index is 14.5. The lowest BCUT2D eigenvalue weighted by Crippen LogP contribution is -2.38. The van der Waals surface area contributed by atoms with Crippen molar-refractivity contribution in [3.05, 3.63) is 77.2 Å². The van der Waals surface area contributed by atoms with Gasteiger partial charge >= 0.3 is 0 Å². The Morgan fingerprint density at radius 2 is 1.92 bits per heavy atom. The van der Waals surface area contributed by atoms with Gasteiger partial charge in [-0.2, -0.15) is 5.10 Å². The van der Waals surface area contributed by atoms with Crippen LogP contribution in [-0.2, 0) is 16.8 Å². The zero-order chi connectivity index (χ0) is 26.7. The SMILES string of the molecule is CC(=O)CNCc1coc(-c2cncc([C@@]34CC[C@@H](c5cc(-c6c(F)cccc6F)nnc53)C4(C)C)n2)n1. The minimum Gasteiger partial charge on any atom is -0.443 e. The number of aromatic nitrogens is 5. The molecule has 2 aliphatic carbocycles. The van der Waals surface area contributed by atoms with Gasteiger partial charge in [0.1, 0.15) is 29.4 Å². The highest BCUT2D eigenvalue weighted by Gasteiger charge is 2.65. The summed E-state index contributed by atoms with van der Waals surface area (Å²) in [5.41, 5.74) is 2.73. The lowest BCUT2D eigenvalue weighted by Gasteiger charge is -2.37. The number of nitrogens with zero attached hydrogens (tertiary/aromatic N) is 5. The van der Waals surface area contributed by atoms with Crippen molar-refractivity contribution in [3.63, 3.8) is 0 Å². The van der Waals surface area contributed by atoms with Gasteiger partial charge in [-0.15, -0.1) is 5.10 Å². The zero-order valence-electron chi connectivity index (χ0n) is 21.3. The number of halogens is 2. The molecule has 0 unspecified atom stereocenters. The molecule has 6 rings (SSSR count). The third kappa shape index (κ3) is 3.58. The summed E-state index contributed by atoms with van der Waals surface area (Å²) in [6.45, 7) is 6.51. The molecule has 1 saturated carbocycles. The molecule has 0 amide bonds. The van der Waals surface area contributed by atoms with Crippen LogP contribution in [0.25, 0.3) is 22.8 Å². The van der Waals surface area contributed by atoms with Crippen LogP contribution in [0.2, 0.25) is 0 Å². The first kappa shape index (κ1) is 24.4. The Balaban J connectivity index is 1.39. The maximum Gasteiger partial charge on any atom is 0.246 e. The normalized spacial score (nSPS) is 21.0. The standard InChI is InChI=1S/C28H26F2N6O2/c1-15(37)10-31-11-16-14-38-26(33-16)22-12-32-13-23(34-22)28-8-7-18(27(28,2)3)17-9-21(35-36-25(17)28)24-19(29)5-4-6-20(24)30/h4-6,9,12-14,18,31H,7-8,10-11H2,1-3H3/t18-,28-/m0/s1. The van der Waals surface area contributed by atoms with Crippen LogP contribution in [0.4, 0.5) is 8.78 Å². The number of rotatable bonds is 7. The highest BCUT2D eigenvalue weighted by Crippen LogP contribution is 2.69. The topological polar surface area (TPSA) is 107 Å². The summed E-state index contributed by atoms with van der Waals surface area (Å²) in [6.07, 6.45) is 6.55. The molecule has 3 heterocycles. The van der Waals surface area contributed by atoms with Crippen LogP contribution in [-0.4, -0.2) is 37.5 Å². The van der Waals surface area contributed by atoms with Crippen LogP contribution < -0.4 is 5.32 Å². The summed E-state index contributed by atoms with van der Waals surface area (Å²) in [4.78, 5) is 25.1. The number of Topliss-reactive ketones (excluding diaryl/α,β-unsaturated/α-hetero) is 1. The molecule has 1 fully saturated rings. The average Bonchev–Trinajstić information content (AvgIpc) is 3.51. The molecule has 0 aliphatic heterocycles. The Morgan fingerprint density at radius 1 is 1.13 bits per heavy atom. The minimum atomic E-state index is -0.670. The van der Waals surface area contributed by atoms with Crippen molar-refractivity contribution < 1.29 is 18.0 Å². The second-order valence-corrected chi connectivity index (χ2v) is 10.6. The van der Waals surface area contributed by atoms with Gasteiger partial charge in [0.2, 0.25) is 5.89 Å². The largest absolute Gasteiger partial charge is 0.443 e. The third-order valence-electron chi connectivity index (χ3n) is 8.12. The van der Waals surface area contributed by atoms with Crippen LogP contribution >= 0.6 is 0 Å². The van der Waals surface area contributed by atoms with E-state index in [9.17, 15) is 13.6 Å². The van der Waals surface area contributed by atoms with Crippen molar-refractivity contribution in [1.29, 1.82) is 0 Å². The van der Waals surface area contributed by atoms with Crippen LogP contribution in [0.3, 0.4) is 0 Å². The average molecular weight is 517 g/mol. The zero-order valence-corrected chi connectivity index (χ0v) is 21.3. The molecule has 1 N–H and O–H groups in total. The molecule has 2 bridgehead atoms. The first-order valence-corrected chi connectivity index (χ1v) is 12.5. The van der Waals surface area contributed by atoms with Crippen molar-refractivity contribution in [2.45, 2.75) is 51.5 Å². The fourth-order valence-corrected chi connectivity index (χ4v) is 6.30. The fraction of sp³-hybridized carbons (Fsp3) is 0.357. The van der Waals surface area contributed by atoms with Gasteiger partial charge in [0.15, 0.2) is 0 Å². The predicted octanol–water partition coefficient (Wildman–Crippen LogP) is 4.75. The lowest BCUT2D eigenvalue weighted by atomic mass is 9.66. The van der Waals surface area contributed by atoms with E-state index < -0.39 is 17.0 Å². The number of carbonyl (C=O) groups excluding carboxylic acids is 1. The predicted molar refractivity (Wildman–Crippen MR) is 134 cm³/mol. The smallest absolute Gasteiger partial charge is 0.246 e. The number of hydrogen-bond donors (Lipinski definition) is 1. The number of fused-ring (bicyclic) bond motifs is 5. The quantitative estimate of drug-likeness (QED) is 0.375. The van der Waals surface area contributed by atoms with Gasteiger partial charge in [-0.05, 0) is 54.9 Å². The van der Waals surface area contributed by atoms with E-state index in [1.54, 1.807) is 18.5 Å². The second kappa shape index (κ2) is 8.83. The summed E-state index contributed by atoms with van der Waals surface area (Å²) < 4.78 is 34.7. The Labute approximate surface area is 218 Å². The molecule has 38 heavy (non-hydrogen) atoms. The summed E-state index contributed by atoms with van der Waals surface area (Å²) in [7, 11) is 0. The molecule has 0 saturated heterocycles. The Hall–Kier alpha value is -3.92. The molecule has 4 aromatic rings. The Kier molecular flexibility index (Phi) is 5.68. The first-order valence-electron chi connectivity index (χ1n) is 12.5. The molecule has 3 aromatic heterocycles. The van der Waals surface area contributed by atoms with Gasteiger partial charge in [-0.3, -0.25) is 9.78 Å². The van der Waals surface area contributed by atoms with E-state index in [0.29, 0.717) is 23.8 Å². The monoisotopic (exact) mass is 516 g/mol. The van der Waals surface area contributed by atoms with Crippen molar-refractivity contribution in [2.75, 3.05) is 6.54 Å². The number of hydrogen-bond acceptors (Lipinski definition) is 8. The number of oxazole rings is 1. The van der Waals surface area contributed by atoms with E-state index in [0.717, 1.165) is 29.8 Å². The highest BCUT2D eigenvalue weighted by molar-refractivity contribution is 5.77. The van der Waals surface area contributed by atoms with E-state index in [2.05, 4.69) is 39.3 Å². The third-order valence-corrected chi connectivity index (χ3v) is 8.12. The van der Waals surface area contributed by atoms with Crippen molar-refractivity contribution in [2.24, 2.45) is 5.41 Å². The summed E-state index contributed by atoms with van der Waals surface area (Å²) in [5.74, 6) is -0.853. The van der Waals surface area contributed by atoms with Crippen LogP contribution in [0, 0.1) is 17.0 Å². The molecule has 2 aliphatic rings. The van der Waals surface area contributed by atoms with E-state index in [4.69, 9.17) is 9.40 Å². The van der Waals surface area contributed by atoms with Gasteiger partial charge < -0.3 is 9.73 Å². The number of carbonyl (C=O) groups is 1. The van der Waals surface area contributed by atoms with E-state index >= 15 is 0 Å². The second-order valence-electron chi connectivity index (χ2n) is 10.6. The van der Waals surface area contributed by atoms with Gasteiger partial charge in [-0.25, -0.2) is 18.7 Å².